The van der Waals surface area contributed by atoms with Crippen LogP contribution in [0.25, 0.3) is 0 Å². The van der Waals surface area contributed by atoms with Gasteiger partial charge in [-0.3, -0.25) is 14.4 Å². The summed E-state index contributed by atoms with van der Waals surface area (Å²) in [4.78, 5) is 38.2. The van der Waals surface area contributed by atoms with E-state index in [4.69, 9.17) is 14.2 Å². The van der Waals surface area contributed by atoms with E-state index in [0.717, 1.165) is 70.6 Å². The van der Waals surface area contributed by atoms with Crippen LogP contribution < -0.4 is 0 Å². The average Bonchev–Trinajstić information content (AvgIpc) is 3.35. The maximum atomic E-state index is 12.9. The molecule has 1 atom stereocenters. The van der Waals surface area contributed by atoms with Crippen molar-refractivity contribution in [3.63, 3.8) is 0 Å². The smallest absolute Gasteiger partial charge is 0.306 e. The van der Waals surface area contributed by atoms with Crippen molar-refractivity contribution in [2.45, 2.75) is 284 Å². The van der Waals surface area contributed by atoms with Gasteiger partial charge in [-0.25, -0.2) is 0 Å². The first kappa shape index (κ1) is 65.6. The third-order valence-electron chi connectivity index (χ3n) is 12.6. The first-order chi connectivity index (χ1) is 34.0. The lowest BCUT2D eigenvalue weighted by molar-refractivity contribution is -0.167. The van der Waals surface area contributed by atoms with Gasteiger partial charge in [-0.1, -0.05) is 305 Å². The normalized spacial score (nSPS) is 12.7. The van der Waals surface area contributed by atoms with E-state index in [2.05, 4.69) is 39.0 Å². The summed E-state index contributed by atoms with van der Waals surface area (Å²) < 4.78 is 16.8. The van der Waals surface area contributed by atoms with Crippen LogP contribution in [0.2, 0.25) is 0 Å². The van der Waals surface area contributed by atoms with E-state index in [1.807, 2.05) is 66.8 Å². The van der Waals surface area contributed by atoms with Crippen molar-refractivity contribution in [2.75, 3.05) is 13.2 Å². The van der Waals surface area contributed by atoms with Crippen LogP contribution in [-0.2, 0) is 28.6 Å². The Morgan fingerprint density at radius 2 is 0.565 bits per heavy atom. The number of carbonyl (C=O) groups is 3. The third-order valence-corrected chi connectivity index (χ3v) is 12.6. The van der Waals surface area contributed by atoms with Crippen molar-refractivity contribution in [3.8, 4) is 0 Å². The van der Waals surface area contributed by atoms with Crippen molar-refractivity contribution in [3.05, 3.63) is 85.1 Å². The van der Waals surface area contributed by atoms with Gasteiger partial charge in [-0.15, -0.1) is 0 Å². The second kappa shape index (κ2) is 57.2. The number of hydrogen-bond acceptors (Lipinski definition) is 6. The third kappa shape index (κ3) is 55.4. The molecule has 0 radical (unpaired) electrons. The molecule has 0 aromatic rings. The summed E-state index contributed by atoms with van der Waals surface area (Å²) in [6.45, 7) is 6.48. The Hall–Kier alpha value is -3.41. The zero-order valence-corrected chi connectivity index (χ0v) is 45.3. The largest absolute Gasteiger partial charge is 0.462 e. The van der Waals surface area contributed by atoms with Gasteiger partial charge in [0.05, 0.1) is 0 Å². The number of ether oxygens (including phenoxy) is 3. The van der Waals surface area contributed by atoms with Gasteiger partial charge in [0.25, 0.3) is 0 Å². The van der Waals surface area contributed by atoms with E-state index in [1.165, 1.54) is 167 Å². The number of allylic oxidation sites excluding steroid dienone is 14. The fourth-order valence-electron chi connectivity index (χ4n) is 8.25. The van der Waals surface area contributed by atoms with Crippen LogP contribution in [0.3, 0.4) is 0 Å². The summed E-state index contributed by atoms with van der Waals surface area (Å²) >= 11 is 0. The van der Waals surface area contributed by atoms with Crippen molar-refractivity contribution >= 4 is 17.9 Å². The first-order valence-corrected chi connectivity index (χ1v) is 29.2. The zero-order chi connectivity index (χ0) is 50.0. The van der Waals surface area contributed by atoms with Crippen molar-refractivity contribution in [1.82, 2.24) is 0 Å². The number of hydrogen-bond donors (Lipinski definition) is 0. The Kier molecular flexibility index (Phi) is 54.3. The van der Waals surface area contributed by atoms with Crippen LogP contribution in [0, 0.1) is 0 Å². The van der Waals surface area contributed by atoms with Crippen LogP contribution in [0.1, 0.15) is 278 Å². The van der Waals surface area contributed by atoms with Crippen LogP contribution >= 0.6 is 0 Å². The zero-order valence-electron chi connectivity index (χ0n) is 45.3. The minimum atomic E-state index is -0.793. The summed E-state index contributed by atoms with van der Waals surface area (Å²) in [5.74, 6) is -0.923. The van der Waals surface area contributed by atoms with Crippen LogP contribution in [0.5, 0.6) is 0 Å². The molecular weight excluding hydrogens is 853 g/mol. The van der Waals surface area contributed by atoms with E-state index >= 15 is 0 Å². The molecule has 6 heteroatoms. The van der Waals surface area contributed by atoms with Crippen molar-refractivity contribution in [2.24, 2.45) is 0 Å². The molecule has 0 aliphatic rings. The van der Waals surface area contributed by atoms with Crippen LogP contribution in [0.15, 0.2) is 85.1 Å². The fourth-order valence-corrected chi connectivity index (χ4v) is 8.25. The topological polar surface area (TPSA) is 78.9 Å². The maximum Gasteiger partial charge on any atom is 0.306 e. The standard InChI is InChI=1S/C63H108O6/c1-4-7-10-13-16-19-22-25-27-29-31-33-35-38-41-44-47-50-53-56-62(65)68-59-60(58-67-61(64)55-52-49-46-43-40-37-24-21-18-15-12-9-6-3)69-63(66)57-54-51-48-45-42-39-36-34-32-30-28-26-23-20-17-14-11-8-5-2/h7,10,13,16,19,22,25,27,29,31,33,35,38,41,60H,4-6,8-9,11-12,14-15,17-18,20-21,23-24,26,28,30,32,34,36-37,39-40,42-59H2,1-3H3/b10-7-,16-13-,22-19-,27-25-,31-29+,35-33-,41-38-. The summed E-state index contributed by atoms with van der Waals surface area (Å²) in [6, 6.07) is 0. The Morgan fingerprint density at radius 1 is 0.304 bits per heavy atom. The molecule has 0 aromatic heterocycles. The number of carbonyl (C=O) groups excluding carboxylic acids is 3. The molecule has 0 aliphatic heterocycles. The van der Waals surface area contributed by atoms with Gasteiger partial charge in [-0.2, -0.15) is 0 Å². The monoisotopic (exact) mass is 961 g/mol. The van der Waals surface area contributed by atoms with Crippen LogP contribution in [0.4, 0.5) is 0 Å². The Bertz CT molecular complexity index is 1330. The molecule has 0 rings (SSSR count). The highest BCUT2D eigenvalue weighted by Crippen LogP contribution is 2.17. The number of esters is 3. The maximum absolute atomic E-state index is 12.9. The molecular formula is C63H108O6. The van der Waals surface area contributed by atoms with E-state index in [-0.39, 0.29) is 31.1 Å². The summed E-state index contributed by atoms with van der Waals surface area (Å²) in [7, 11) is 0. The Morgan fingerprint density at radius 3 is 0.884 bits per heavy atom. The van der Waals surface area contributed by atoms with Gasteiger partial charge < -0.3 is 14.2 Å². The lowest BCUT2D eigenvalue weighted by Gasteiger charge is -2.18. The first-order valence-electron chi connectivity index (χ1n) is 29.2. The van der Waals surface area contributed by atoms with E-state index in [9.17, 15) is 14.4 Å². The molecule has 0 saturated heterocycles. The van der Waals surface area contributed by atoms with Crippen molar-refractivity contribution in [1.29, 1.82) is 0 Å². The van der Waals surface area contributed by atoms with Gasteiger partial charge in [0.1, 0.15) is 13.2 Å². The predicted octanol–water partition coefficient (Wildman–Crippen LogP) is 19.5. The summed E-state index contributed by atoms with van der Waals surface area (Å²) in [6.07, 6.45) is 74.3. The molecule has 0 fully saturated rings. The summed E-state index contributed by atoms with van der Waals surface area (Å²) in [5, 5.41) is 0. The van der Waals surface area contributed by atoms with E-state index in [1.54, 1.807) is 0 Å². The molecule has 0 N–H and O–H groups in total. The van der Waals surface area contributed by atoms with Crippen LogP contribution in [-0.4, -0.2) is 37.2 Å². The minimum absolute atomic E-state index is 0.0879. The lowest BCUT2D eigenvalue weighted by Crippen LogP contribution is -2.30. The Balaban J connectivity index is 4.44. The van der Waals surface area contributed by atoms with E-state index < -0.39 is 6.10 Å². The molecule has 396 valence electrons. The molecule has 0 saturated carbocycles. The second-order valence-electron chi connectivity index (χ2n) is 19.4. The number of unbranched alkanes of at least 4 members (excludes halogenated alkanes) is 33. The minimum Gasteiger partial charge on any atom is -0.462 e. The molecule has 1 unspecified atom stereocenters. The SMILES string of the molecule is CC\C=C/C=C\C=C/C=C\C=C\C=C/C=C\CCCCCC(=O)OCC(COC(=O)CCCCCCCCCCCCCCC)OC(=O)CCCCCCCCCCCCCCCCCCCCC. The highest BCUT2D eigenvalue weighted by molar-refractivity contribution is 5.71. The predicted molar refractivity (Wildman–Crippen MR) is 297 cm³/mol. The van der Waals surface area contributed by atoms with Crippen molar-refractivity contribution < 1.29 is 28.6 Å². The van der Waals surface area contributed by atoms with E-state index in [0.29, 0.717) is 19.3 Å². The molecule has 6 nitrogen and oxygen atoms in total. The molecule has 0 aliphatic carbocycles. The molecule has 0 bridgehead atoms. The highest BCUT2D eigenvalue weighted by atomic mass is 16.6. The molecule has 0 amide bonds. The van der Waals surface area contributed by atoms with Gasteiger partial charge in [0, 0.05) is 19.3 Å². The second-order valence-corrected chi connectivity index (χ2v) is 19.4. The van der Waals surface area contributed by atoms with Gasteiger partial charge >= 0.3 is 17.9 Å². The fraction of sp³-hybridized carbons (Fsp3) is 0.730. The summed E-state index contributed by atoms with van der Waals surface area (Å²) in [5.41, 5.74) is 0. The molecule has 0 aromatic carbocycles. The molecule has 0 heterocycles. The van der Waals surface area contributed by atoms with Gasteiger partial charge in [-0.05, 0) is 38.5 Å². The molecule has 0 spiro atoms. The Labute approximate surface area is 426 Å². The average molecular weight is 962 g/mol. The highest BCUT2D eigenvalue weighted by Gasteiger charge is 2.19. The lowest BCUT2D eigenvalue weighted by atomic mass is 10.0. The van der Waals surface area contributed by atoms with Gasteiger partial charge in [0.15, 0.2) is 6.10 Å². The van der Waals surface area contributed by atoms with Gasteiger partial charge in [0.2, 0.25) is 0 Å². The number of rotatable bonds is 52. The molecule has 69 heavy (non-hydrogen) atoms. The quantitative estimate of drug-likeness (QED) is 0.0262.